The van der Waals surface area contributed by atoms with Crippen molar-refractivity contribution in [2.24, 2.45) is 0 Å². The number of hydrogen-bond donors (Lipinski definition) is 0. The number of benzene rings is 2. The van der Waals surface area contributed by atoms with E-state index in [1.807, 2.05) is 0 Å². The average Bonchev–Trinajstić information content (AvgIpc) is 2.95. The first kappa shape index (κ1) is 15.2. The summed E-state index contributed by atoms with van der Waals surface area (Å²) in [4.78, 5) is 0.181. The summed E-state index contributed by atoms with van der Waals surface area (Å²) < 4.78 is 39.2. The Kier molecular flexibility index (Phi) is 4.04. The summed E-state index contributed by atoms with van der Waals surface area (Å²) in [5.41, 5.74) is 1.18. The molecule has 0 unspecified atom stereocenters. The van der Waals surface area contributed by atoms with E-state index in [0.29, 0.717) is 15.5 Å². The molecule has 0 aliphatic heterocycles. The van der Waals surface area contributed by atoms with E-state index in [1.165, 1.54) is 18.2 Å². The molecule has 0 atom stereocenters. The second-order valence-corrected chi connectivity index (χ2v) is 8.43. The fraction of sp³-hybridized carbons (Fsp3) is 0. The van der Waals surface area contributed by atoms with Crippen molar-refractivity contribution in [3.8, 4) is 11.1 Å². The quantitative estimate of drug-likeness (QED) is 0.661. The van der Waals surface area contributed by atoms with Gasteiger partial charge in [0.2, 0.25) is 9.84 Å². The smallest absolute Gasteiger partial charge is 0.216 e. The zero-order chi connectivity index (χ0) is 15.7. The van der Waals surface area contributed by atoms with Crippen LogP contribution in [-0.4, -0.2) is 8.42 Å². The Balaban J connectivity index is 2.18. The van der Waals surface area contributed by atoms with Crippen molar-refractivity contribution < 1.29 is 12.8 Å². The van der Waals surface area contributed by atoms with E-state index in [0.717, 1.165) is 11.3 Å². The highest BCUT2D eigenvalue weighted by molar-refractivity contribution is 7.93. The van der Waals surface area contributed by atoms with Crippen LogP contribution in [-0.2, 0) is 9.84 Å². The molecular formula is C16H10ClFO2S2. The highest BCUT2D eigenvalue weighted by Crippen LogP contribution is 2.35. The van der Waals surface area contributed by atoms with Crippen LogP contribution in [0.1, 0.15) is 0 Å². The maximum absolute atomic E-state index is 13.1. The van der Waals surface area contributed by atoms with Crippen LogP contribution in [0.25, 0.3) is 11.1 Å². The SMILES string of the molecule is O=S(=O)(c1ccc(Cl)s1)c1ccccc1-c1ccc(F)cc1. The molecule has 2 nitrogen and oxygen atoms in total. The highest BCUT2D eigenvalue weighted by atomic mass is 35.5. The van der Waals surface area contributed by atoms with Crippen molar-refractivity contribution in [3.63, 3.8) is 0 Å². The van der Waals surface area contributed by atoms with E-state index in [4.69, 9.17) is 11.6 Å². The molecule has 112 valence electrons. The molecule has 0 amide bonds. The fourth-order valence-electron chi connectivity index (χ4n) is 2.12. The van der Waals surface area contributed by atoms with Gasteiger partial charge in [-0.3, -0.25) is 0 Å². The molecule has 0 N–H and O–H groups in total. The van der Waals surface area contributed by atoms with E-state index in [2.05, 4.69) is 0 Å². The van der Waals surface area contributed by atoms with E-state index < -0.39 is 9.84 Å². The summed E-state index contributed by atoms with van der Waals surface area (Å²) >= 11 is 6.85. The summed E-state index contributed by atoms with van der Waals surface area (Å²) in [6, 6.07) is 15.4. The van der Waals surface area contributed by atoms with Gasteiger partial charge in [-0.2, -0.15) is 0 Å². The second-order valence-electron chi connectivity index (χ2n) is 4.57. The van der Waals surface area contributed by atoms with Gasteiger partial charge in [-0.25, -0.2) is 12.8 Å². The third-order valence-corrected chi connectivity index (χ3v) is 6.68. The van der Waals surface area contributed by atoms with Crippen LogP contribution in [0, 0.1) is 5.82 Å². The molecule has 0 aliphatic rings. The zero-order valence-electron chi connectivity index (χ0n) is 11.2. The summed E-state index contributed by atoms with van der Waals surface area (Å²) in [6.45, 7) is 0. The molecular weight excluding hydrogens is 343 g/mol. The Morgan fingerprint density at radius 2 is 1.59 bits per heavy atom. The Morgan fingerprint density at radius 1 is 0.909 bits per heavy atom. The van der Waals surface area contributed by atoms with Gasteiger partial charge in [-0.1, -0.05) is 41.9 Å². The van der Waals surface area contributed by atoms with E-state index in [9.17, 15) is 12.8 Å². The van der Waals surface area contributed by atoms with Crippen molar-refractivity contribution in [1.82, 2.24) is 0 Å². The van der Waals surface area contributed by atoms with Crippen LogP contribution in [0.15, 0.2) is 69.8 Å². The van der Waals surface area contributed by atoms with Crippen LogP contribution < -0.4 is 0 Å². The van der Waals surface area contributed by atoms with Gasteiger partial charge in [0, 0.05) is 5.56 Å². The monoisotopic (exact) mass is 352 g/mol. The van der Waals surface area contributed by atoms with Crippen LogP contribution >= 0.6 is 22.9 Å². The zero-order valence-corrected chi connectivity index (χ0v) is 13.6. The van der Waals surface area contributed by atoms with Crippen molar-refractivity contribution >= 4 is 32.8 Å². The van der Waals surface area contributed by atoms with Gasteiger partial charge in [0.05, 0.1) is 9.23 Å². The Bertz CT molecular complexity index is 915. The van der Waals surface area contributed by atoms with Crippen LogP contribution in [0.5, 0.6) is 0 Å². The summed E-state index contributed by atoms with van der Waals surface area (Å²) in [5.74, 6) is -0.367. The number of halogens is 2. The van der Waals surface area contributed by atoms with Gasteiger partial charge in [0.15, 0.2) is 0 Å². The minimum Gasteiger partial charge on any atom is -0.218 e. The van der Waals surface area contributed by atoms with Crippen LogP contribution in [0.2, 0.25) is 4.34 Å². The lowest BCUT2D eigenvalue weighted by Crippen LogP contribution is -2.02. The van der Waals surface area contributed by atoms with Gasteiger partial charge in [-0.05, 0) is 35.9 Å². The average molecular weight is 353 g/mol. The lowest BCUT2D eigenvalue weighted by molar-refractivity contribution is 0.598. The van der Waals surface area contributed by atoms with E-state index in [1.54, 1.807) is 42.5 Å². The Labute approximate surface area is 136 Å². The van der Waals surface area contributed by atoms with Crippen LogP contribution in [0.4, 0.5) is 4.39 Å². The topological polar surface area (TPSA) is 34.1 Å². The first-order valence-electron chi connectivity index (χ1n) is 6.34. The van der Waals surface area contributed by atoms with Gasteiger partial charge in [0.1, 0.15) is 10.0 Å². The van der Waals surface area contributed by atoms with Gasteiger partial charge < -0.3 is 0 Å². The van der Waals surface area contributed by atoms with E-state index >= 15 is 0 Å². The molecule has 0 saturated heterocycles. The molecule has 1 aromatic heterocycles. The molecule has 3 aromatic rings. The summed E-state index contributed by atoms with van der Waals surface area (Å²) in [5, 5.41) is 0. The molecule has 2 aromatic carbocycles. The van der Waals surface area contributed by atoms with Gasteiger partial charge in [-0.15, -0.1) is 11.3 Å². The third-order valence-electron chi connectivity index (χ3n) is 3.15. The summed E-state index contributed by atoms with van der Waals surface area (Å²) in [7, 11) is -3.67. The Morgan fingerprint density at radius 3 is 2.23 bits per heavy atom. The molecule has 0 fully saturated rings. The largest absolute Gasteiger partial charge is 0.218 e. The molecule has 0 aliphatic carbocycles. The first-order chi connectivity index (χ1) is 10.5. The fourth-order valence-corrected chi connectivity index (χ4v) is 5.21. The maximum atomic E-state index is 13.1. The molecule has 22 heavy (non-hydrogen) atoms. The van der Waals surface area contributed by atoms with Crippen molar-refractivity contribution in [2.75, 3.05) is 0 Å². The third kappa shape index (κ3) is 2.79. The van der Waals surface area contributed by atoms with Crippen LogP contribution in [0.3, 0.4) is 0 Å². The lowest BCUT2D eigenvalue weighted by atomic mass is 10.1. The second kappa shape index (κ2) is 5.83. The number of rotatable bonds is 3. The molecule has 0 radical (unpaired) electrons. The predicted molar refractivity (Wildman–Crippen MR) is 86.6 cm³/mol. The molecule has 1 heterocycles. The maximum Gasteiger partial charge on any atom is 0.216 e. The lowest BCUT2D eigenvalue weighted by Gasteiger charge is -2.09. The number of sulfone groups is 1. The Hall–Kier alpha value is -1.69. The number of thiophene rings is 1. The van der Waals surface area contributed by atoms with Crippen molar-refractivity contribution in [3.05, 3.63) is 70.8 Å². The minimum atomic E-state index is -3.67. The normalized spacial score (nSPS) is 11.5. The first-order valence-corrected chi connectivity index (χ1v) is 9.01. The molecule has 0 bridgehead atoms. The molecule has 0 saturated carbocycles. The standard InChI is InChI=1S/C16H10ClFO2S2/c17-15-9-10-16(21-15)22(19,20)14-4-2-1-3-13(14)11-5-7-12(18)8-6-11/h1-10H. The van der Waals surface area contributed by atoms with Gasteiger partial charge in [0.25, 0.3) is 0 Å². The van der Waals surface area contributed by atoms with Crippen molar-refractivity contribution in [1.29, 1.82) is 0 Å². The summed E-state index contributed by atoms with van der Waals surface area (Å²) in [6.07, 6.45) is 0. The molecule has 6 heteroatoms. The predicted octanol–water partition coefficient (Wildman–Crippen LogP) is 5.04. The highest BCUT2D eigenvalue weighted by Gasteiger charge is 2.23. The van der Waals surface area contributed by atoms with Crippen molar-refractivity contribution in [2.45, 2.75) is 9.10 Å². The van der Waals surface area contributed by atoms with E-state index in [-0.39, 0.29) is 14.9 Å². The minimum absolute atomic E-state index is 0.181. The molecule has 0 spiro atoms. The van der Waals surface area contributed by atoms with Gasteiger partial charge >= 0.3 is 0 Å². The number of hydrogen-bond acceptors (Lipinski definition) is 3. The molecule has 3 rings (SSSR count).